The van der Waals surface area contributed by atoms with Gasteiger partial charge in [-0.3, -0.25) is 9.88 Å². The van der Waals surface area contributed by atoms with Crippen molar-refractivity contribution in [3.63, 3.8) is 0 Å². The molecule has 21 heavy (non-hydrogen) atoms. The number of aromatic nitrogens is 1. The van der Waals surface area contributed by atoms with Crippen molar-refractivity contribution in [3.8, 4) is 0 Å². The highest BCUT2D eigenvalue weighted by molar-refractivity contribution is 5.09. The molecule has 0 saturated heterocycles. The van der Waals surface area contributed by atoms with Crippen molar-refractivity contribution in [3.05, 3.63) is 30.1 Å². The Balaban J connectivity index is 1.99. The molecule has 3 heteroatoms. The standard InChI is InChI=1S/C18H31N3/c1-4-10-20-17-7-6-15(5-2)13-18(17)21(3)14-16-8-11-19-12-9-16/h8-9,11-12,15,17-18,20H,4-7,10,13-14H2,1-3H3. The molecule has 1 aromatic rings. The van der Waals surface area contributed by atoms with E-state index in [0.717, 1.165) is 19.0 Å². The molecule has 0 bridgehead atoms. The van der Waals surface area contributed by atoms with Crippen LogP contribution in [0.25, 0.3) is 0 Å². The molecule has 0 spiro atoms. The Kier molecular flexibility index (Phi) is 6.65. The Bertz CT molecular complexity index is 393. The van der Waals surface area contributed by atoms with E-state index in [2.05, 4.69) is 48.2 Å². The second-order valence-electron chi connectivity index (χ2n) is 6.49. The lowest BCUT2D eigenvalue weighted by atomic mass is 9.80. The summed E-state index contributed by atoms with van der Waals surface area (Å²) < 4.78 is 0. The monoisotopic (exact) mass is 289 g/mol. The minimum Gasteiger partial charge on any atom is -0.312 e. The number of hydrogen-bond donors (Lipinski definition) is 1. The van der Waals surface area contributed by atoms with Crippen LogP contribution >= 0.6 is 0 Å². The predicted molar refractivity (Wildman–Crippen MR) is 89.2 cm³/mol. The number of pyridine rings is 1. The van der Waals surface area contributed by atoms with Crippen molar-refractivity contribution in [2.24, 2.45) is 5.92 Å². The first-order valence-corrected chi connectivity index (χ1v) is 8.57. The summed E-state index contributed by atoms with van der Waals surface area (Å²) in [5.74, 6) is 0.898. The van der Waals surface area contributed by atoms with Crippen LogP contribution in [0.3, 0.4) is 0 Å². The van der Waals surface area contributed by atoms with E-state index in [1.807, 2.05) is 12.4 Å². The molecule has 0 aliphatic heterocycles. The van der Waals surface area contributed by atoms with Crippen LogP contribution in [0.5, 0.6) is 0 Å². The lowest BCUT2D eigenvalue weighted by Gasteiger charge is -2.41. The fourth-order valence-electron chi connectivity index (χ4n) is 3.55. The third kappa shape index (κ3) is 4.79. The molecule has 0 amide bonds. The molecule has 3 nitrogen and oxygen atoms in total. The van der Waals surface area contributed by atoms with E-state index in [-0.39, 0.29) is 0 Å². The van der Waals surface area contributed by atoms with Gasteiger partial charge in [-0.2, -0.15) is 0 Å². The Labute approximate surface area is 130 Å². The largest absolute Gasteiger partial charge is 0.312 e. The van der Waals surface area contributed by atoms with Crippen LogP contribution in [-0.4, -0.2) is 35.6 Å². The van der Waals surface area contributed by atoms with Gasteiger partial charge in [-0.25, -0.2) is 0 Å². The van der Waals surface area contributed by atoms with Crippen LogP contribution in [-0.2, 0) is 6.54 Å². The third-order valence-electron chi connectivity index (χ3n) is 4.91. The molecule has 1 saturated carbocycles. The second kappa shape index (κ2) is 8.50. The van der Waals surface area contributed by atoms with Gasteiger partial charge in [-0.15, -0.1) is 0 Å². The summed E-state index contributed by atoms with van der Waals surface area (Å²) in [6, 6.07) is 5.57. The van der Waals surface area contributed by atoms with Gasteiger partial charge in [-0.1, -0.05) is 20.3 Å². The summed E-state index contributed by atoms with van der Waals surface area (Å²) in [5.41, 5.74) is 1.36. The minimum absolute atomic E-state index is 0.652. The van der Waals surface area contributed by atoms with Gasteiger partial charge in [0.2, 0.25) is 0 Å². The summed E-state index contributed by atoms with van der Waals surface area (Å²) in [4.78, 5) is 6.66. The van der Waals surface area contributed by atoms with Crippen molar-refractivity contribution < 1.29 is 0 Å². The molecule has 0 radical (unpaired) electrons. The number of rotatable bonds is 7. The highest BCUT2D eigenvalue weighted by Crippen LogP contribution is 2.30. The molecular weight excluding hydrogens is 258 g/mol. The van der Waals surface area contributed by atoms with Gasteiger partial charge in [-0.05, 0) is 62.9 Å². The van der Waals surface area contributed by atoms with Crippen molar-refractivity contribution >= 4 is 0 Å². The van der Waals surface area contributed by atoms with Crippen LogP contribution in [0.1, 0.15) is 51.5 Å². The fourth-order valence-corrected chi connectivity index (χ4v) is 3.55. The summed E-state index contributed by atoms with van der Waals surface area (Å²) in [7, 11) is 2.28. The highest BCUT2D eigenvalue weighted by atomic mass is 15.2. The first-order chi connectivity index (χ1) is 10.2. The average Bonchev–Trinajstić information content (AvgIpc) is 2.53. The molecule has 1 fully saturated rings. The van der Waals surface area contributed by atoms with Crippen LogP contribution in [0.15, 0.2) is 24.5 Å². The molecule has 1 aliphatic carbocycles. The predicted octanol–water partition coefficient (Wildman–Crippen LogP) is 3.46. The maximum absolute atomic E-state index is 4.12. The van der Waals surface area contributed by atoms with Crippen molar-refractivity contribution in [1.29, 1.82) is 0 Å². The smallest absolute Gasteiger partial charge is 0.0271 e. The lowest BCUT2D eigenvalue weighted by Crippen LogP contribution is -2.52. The van der Waals surface area contributed by atoms with E-state index in [0.29, 0.717) is 12.1 Å². The summed E-state index contributed by atoms with van der Waals surface area (Å²) in [6.45, 7) is 6.75. The van der Waals surface area contributed by atoms with Crippen molar-refractivity contribution in [1.82, 2.24) is 15.2 Å². The molecule has 0 aromatic carbocycles. The van der Waals surface area contributed by atoms with Gasteiger partial charge in [0, 0.05) is 31.0 Å². The van der Waals surface area contributed by atoms with Gasteiger partial charge in [0.15, 0.2) is 0 Å². The molecular formula is C18H31N3. The van der Waals surface area contributed by atoms with Gasteiger partial charge >= 0.3 is 0 Å². The molecule has 1 N–H and O–H groups in total. The Morgan fingerprint density at radius 3 is 2.67 bits per heavy atom. The molecule has 3 unspecified atom stereocenters. The number of hydrogen-bond acceptors (Lipinski definition) is 3. The average molecular weight is 289 g/mol. The van der Waals surface area contributed by atoms with Crippen molar-refractivity contribution in [2.45, 2.75) is 64.6 Å². The maximum Gasteiger partial charge on any atom is 0.0271 e. The first-order valence-electron chi connectivity index (χ1n) is 8.57. The van der Waals surface area contributed by atoms with Crippen LogP contribution in [0.4, 0.5) is 0 Å². The van der Waals surface area contributed by atoms with E-state index in [1.165, 1.54) is 37.7 Å². The molecule has 2 rings (SSSR count). The molecule has 3 atom stereocenters. The summed E-state index contributed by atoms with van der Waals surface area (Å²) >= 11 is 0. The highest BCUT2D eigenvalue weighted by Gasteiger charge is 2.31. The zero-order valence-corrected chi connectivity index (χ0v) is 13.9. The first kappa shape index (κ1) is 16.4. The van der Waals surface area contributed by atoms with Gasteiger partial charge in [0.1, 0.15) is 0 Å². The van der Waals surface area contributed by atoms with Crippen LogP contribution in [0, 0.1) is 5.92 Å². The van der Waals surface area contributed by atoms with Gasteiger partial charge in [0.05, 0.1) is 0 Å². The third-order valence-corrected chi connectivity index (χ3v) is 4.91. The molecule has 1 aliphatic rings. The minimum atomic E-state index is 0.652. The molecule has 1 aromatic heterocycles. The zero-order chi connectivity index (χ0) is 15.1. The lowest BCUT2D eigenvalue weighted by molar-refractivity contribution is 0.112. The van der Waals surface area contributed by atoms with Crippen LogP contribution < -0.4 is 5.32 Å². The van der Waals surface area contributed by atoms with E-state index in [1.54, 1.807) is 0 Å². The maximum atomic E-state index is 4.12. The van der Waals surface area contributed by atoms with Crippen molar-refractivity contribution in [2.75, 3.05) is 13.6 Å². The molecule has 1 heterocycles. The number of nitrogens with one attached hydrogen (secondary N) is 1. The van der Waals surface area contributed by atoms with E-state index in [9.17, 15) is 0 Å². The fraction of sp³-hybridized carbons (Fsp3) is 0.722. The summed E-state index contributed by atoms with van der Waals surface area (Å²) in [6.07, 6.45) is 10.4. The number of likely N-dealkylation sites (N-methyl/N-ethyl adjacent to an activating group) is 1. The normalized spacial score (nSPS) is 26.2. The Hall–Kier alpha value is -0.930. The summed E-state index contributed by atoms with van der Waals surface area (Å²) in [5, 5.41) is 3.78. The second-order valence-corrected chi connectivity index (χ2v) is 6.49. The van der Waals surface area contributed by atoms with Gasteiger partial charge < -0.3 is 5.32 Å². The van der Waals surface area contributed by atoms with Crippen LogP contribution in [0.2, 0.25) is 0 Å². The van der Waals surface area contributed by atoms with E-state index in [4.69, 9.17) is 0 Å². The zero-order valence-electron chi connectivity index (χ0n) is 13.9. The topological polar surface area (TPSA) is 28.2 Å². The number of nitrogens with zero attached hydrogens (tertiary/aromatic N) is 2. The van der Waals surface area contributed by atoms with E-state index < -0.39 is 0 Å². The quantitative estimate of drug-likeness (QED) is 0.833. The Morgan fingerprint density at radius 1 is 1.24 bits per heavy atom. The van der Waals surface area contributed by atoms with E-state index >= 15 is 0 Å². The Morgan fingerprint density at radius 2 is 2.00 bits per heavy atom. The molecule has 118 valence electrons. The SMILES string of the molecule is CCCNC1CCC(CC)CC1N(C)Cc1ccncc1. The van der Waals surface area contributed by atoms with Gasteiger partial charge in [0.25, 0.3) is 0 Å².